The number of thiocarbonyl (C=S) groups is 1. The Morgan fingerprint density at radius 2 is 2.00 bits per heavy atom. The lowest BCUT2D eigenvalue weighted by Gasteiger charge is -2.06. The minimum Gasteiger partial charge on any atom is -0.0985 e. The van der Waals surface area contributed by atoms with E-state index in [1.807, 2.05) is 36.4 Å². The predicted octanol–water partition coefficient (Wildman–Crippen LogP) is 5.05. The Balaban J connectivity index is 1.97. The molecule has 0 saturated carbocycles. The Hall–Kier alpha value is -1.38. The van der Waals surface area contributed by atoms with Gasteiger partial charge in [-0.15, -0.1) is 0 Å². The fraction of sp³-hybridized carbons (Fsp3) is 0.0625. The van der Waals surface area contributed by atoms with E-state index in [0.29, 0.717) is 0 Å². The van der Waals surface area contributed by atoms with Gasteiger partial charge in [0, 0.05) is 0 Å². The minimum atomic E-state index is 0.912. The summed E-state index contributed by atoms with van der Waals surface area (Å²) in [6, 6.07) is 10.1. The molecular formula is C16H14S2. The largest absolute Gasteiger partial charge is 0.0985 e. The van der Waals surface area contributed by atoms with Crippen molar-refractivity contribution < 1.29 is 0 Å². The molecule has 1 aromatic carbocycles. The van der Waals surface area contributed by atoms with Crippen LogP contribution in [0, 0.1) is 0 Å². The molecule has 0 nitrogen and oxygen atoms in total. The molecule has 0 amide bonds. The van der Waals surface area contributed by atoms with Crippen LogP contribution in [0.3, 0.4) is 0 Å². The predicted molar refractivity (Wildman–Crippen MR) is 85.9 cm³/mol. The Kier molecular flexibility index (Phi) is 4.73. The van der Waals surface area contributed by atoms with Crippen molar-refractivity contribution in [1.82, 2.24) is 0 Å². The molecule has 0 unspecified atom stereocenters. The molecule has 0 fully saturated rings. The van der Waals surface area contributed by atoms with Crippen LogP contribution in [-0.2, 0) is 0 Å². The maximum atomic E-state index is 5.40. The van der Waals surface area contributed by atoms with Crippen molar-refractivity contribution in [2.24, 2.45) is 0 Å². The first-order chi connectivity index (χ1) is 8.79. The summed E-state index contributed by atoms with van der Waals surface area (Å²) in [6.07, 6.45) is 9.19. The highest BCUT2D eigenvalue weighted by molar-refractivity contribution is 8.25. The molecule has 18 heavy (non-hydrogen) atoms. The fourth-order valence-electron chi connectivity index (χ4n) is 1.59. The first kappa shape index (κ1) is 13.1. The van der Waals surface area contributed by atoms with Crippen molar-refractivity contribution in [2.45, 2.75) is 6.42 Å². The fourth-order valence-corrected chi connectivity index (χ4v) is 2.57. The van der Waals surface area contributed by atoms with Crippen molar-refractivity contribution in [3.05, 3.63) is 83.3 Å². The van der Waals surface area contributed by atoms with E-state index in [1.165, 1.54) is 11.1 Å². The number of benzene rings is 1. The minimum absolute atomic E-state index is 0.912. The molecule has 2 heteroatoms. The van der Waals surface area contributed by atoms with Crippen LogP contribution in [0.4, 0.5) is 0 Å². The van der Waals surface area contributed by atoms with Gasteiger partial charge in [0.1, 0.15) is 0 Å². The van der Waals surface area contributed by atoms with Gasteiger partial charge < -0.3 is 0 Å². The molecule has 1 aliphatic carbocycles. The highest BCUT2D eigenvalue weighted by atomic mass is 32.2. The second-order valence-electron chi connectivity index (χ2n) is 3.91. The molecule has 0 spiro atoms. The SMILES string of the molecule is C=CC1=CCC(=CSC(=S)c2ccccc2)C=C1. The molecule has 0 N–H and O–H groups in total. The summed E-state index contributed by atoms with van der Waals surface area (Å²) in [7, 11) is 0. The number of hydrogen-bond donors (Lipinski definition) is 0. The number of thioether (sulfide) groups is 1. The maximum Gasteiger partial charge on any atom is 0.0820 e. The zero-order valence-corrected chi connectivity index (χ0v) is 11.6. The molecule has 0 heterocycles. The summed E-state index contributed by atoms with van der Waals surface area (Å²) in [5.41, 5.74) is 3.57. The molecule has 0 atom stereocenters. The molecule has 0 aliphatic heterocycles. The van der Waals surface area contributed by atoms with Gasteiger partial charge in [-0.3, -0.25) is 0 Å². The summed E-state index contributed by atoms with van der Waals surface area (Å²) < 4.78 is 0.912. The van der Waals surface area contributed by atoms with Crippen LogP contribution in [0.5, 0.6) is 0 Å². The lowest BCUT2D eigenvalue weighted by atomic mass is 10.0. The lowest BCUT2D eigenvalue weighted by molar-refractivity contribution is 1.25. The Morgan fingerprint density at radius 3 is 2.61 bits per heavy atom. The lowest BCUT2D eigenvalue weighted by Crippen LogP contribution is -1.90. The monoisotopic (exact) mass is 270 g/mol. The average Bonchev–Trinajstić information content (AvgIpc) is 2.46. The van der Waals surface area contributed by atoms with Gasteiger partial charge in [0.2, 0.25) is 0 Å². The zero-order valence-electron chi connectivity index (χ0n) is 10.0. The van der Waals surface area contributed by atoms with Crippen molar-refractivity contribution in [3.8, 4) is 0 Å². The normalized spacial score (nSPS) is 16.4. The first-order valence-electron chi connectivity index (χ1n) is 5.75. The second-order valence-corrected chi connectivity index (χ2v) is 5.46. The van der Waals surface area contributed by atoms with Crippen molar-refractivity contribution in [1.29, 1.82) is 0 Å². The average molecular weight is 270 g/mol. The standard InChI is InChI=1S/C16H14S2/c1-2-13-8-10-14(11-9-13)12-18-16(17)15-6-4-3-5-7-15/h2-10,12H,1,11H2. The van der Waals surface area contributed by atoms with Crippen LogP contribution < -0.4 is 0 Å². The summed E-state index contributed by atoms with van der Waals surface area (Å²) in [5, 5.41) is 2.13. The molecule has 90 valence electrons. The number of allylic oxidation sites excluding steroid dienone is 6. The van der Waals surface area contributed by atoms with Crippen LogP contribution in [0.1, 0.15) is 12.0 Å². The topological polar surface area (TPSA) is 0 Å². The summed E-state index contributed by atoms with van der Waals surface area (Å²) in [4.78, 5) is 0. The van der Waals surface area contributed by atoms with Gasteiger partial charge in [-0.1, -0.05) is 85.2 Å². The van der Waals surface area contributed by atoms with Crippen LogP contribution in [0.15, 0.2) is 77.8 Å². The van der Waals surface area contributed by atoms with Gasteiger partial charge in [-0.2, -0.15) is 0 Å². The van der Waals surface area contributed by atoms with Crippen LogP contribution in [0.25, 0.3) is 0 Å². The zero-order chi connectivity index (χ0) is 12.8. The third-order valence-corrected chi connectivity index (χ3v) is 4.02. The quantitative estimate of drug-likeness (QED) is 0.705. The van der Waals surface area contributed by atoms with Crippen molar-refractivity contribution in [3.63, 3.8) is 0 Å². The Labute approximate surface area is 118 Å². The molecule has 2 rings (SSSR count). The van der Waals surface area contributed by atoms with Crippen LogP contribution in [0.2, 0.25) is 0 Å². The summed E-state index contributed by atoms with van der Waals surface area (Å²) in [6.45, 7) is 3.76. The third kappa shape index (κ3) is 3.56. The highest BCUT2D eigenvalue weighted by Gasteiger charge is 2.02. The third-order valence-electron chi connectivity index (χ3n) is 2.63. The highest BCUT2D eigenvalue weighted by Crippen LogP contribution is 2.22. The van der Waals surface area contributed by atoms with E-state index in [0.717, 1.165) is 16.2 Å². The molecule has 1 aliphatic rings. The Bertz CT molecular complexity index is 533. The van der Waals surface area contributed by atoms with Crippen LogP contribution in [-0.4, -0.2) is 4.20 Å². The molecule has 0 aromatic heterocycles. The first-order valence-corrected chi connectivity index (χ1v) is 7.04. The van der Waals surface area contributed by atoms with E-state index in [1.54, 1.807) is 11.8 Å². The smallest absolute Gasteiger partial charge is 0.0820 e. The van der Waals surface area contributed by atoms with E-state index in [-0.39, 0.29) is 0 Å². The van der Waals surface area contributed by atoms with Crippen molar-refractivity contribution >= 4 is 28.2 Å². The van der Waals surface area contributed by atoms with E-state index in [9.17, 15) is 0 Å². The Morgan fingerprint density at radius 1 is 1.22 bits per heavy atom. The van der Waals surface area contributed by atoms with Crippen LogP contribution >= 0.6 is 24.0 Å². The van der Waals surface area contributed by atoms with Gasteiger partial charge in [0.05, 0.1) is 4.20 Å². The molecular weight excluding hydrogens is 256 g/mol. The molecule has 1 aromatic rings. The van der Waals surface area contributed by atoms with Gasteiger partial charge in [0.25, 0.3) is 0 Å². The van der Waals surface area contributed by atoms with E-state index < -0.39 is 0 Å². The molecule has 0 radical (unpaired) electrons. The molecule has 0 saturated heterocycles. The summed E-state index contributed by atoms with van der Waals surface area (Å²) in [5.74, 6) is 0. The van der Waals surface area contributed by atoms with Gasteiger partial charge >= 0.3 is 0 Å². The number of hydrogen-bond acceptors (Lipinski definition) is 2. The van der Waals surface area contributed by atoms with Gasteiger partial charge in [0.15, 0.2) is 0 Å². The van der Waals surface area contributed by atoms with Gasteiger partial charge in [-0.25, -0.2) is 0 Å². The second kappa shape index (κ2) is 6.53. The van der Waals surface area contributed by atoms with E-state index in [2.05, 4.69) is 30.2 Å². The maximum absolute atomic E-state index is 5.40. The molecule has 0 bridgehead atoms. The number of rotatable bonds is 3. The van der Waals surface area contributed by atoms with E-state index in [4.69, 9.17) is 12.2 Å². The van der Waals surface area contributed by atoms with E-state index >= 15 is 0 Å². The summed E-state index contributed by atoms with van der Waals surface area (Å²) >= 11 is 7.01. The van der Waals surface area contributed by atoms with Gasteiger partial charge in [-0.05, 0) is 28.5 Å². The van der Waals surface area contributed by atoms with Crippen molar-refractivity contribution in [2.75, 3.05) is 0 Å².